The van der Waals surface area contributed by atoms with E-state index in [0.29, 0.717) is 6.54 Å². The van der Waals surface area contributed by atoms with Crippen molar-refractivity contribution in [3.05, 3.63) is 0 Å². The van der Waals surface area contributed by atoms with Crippen molar-refractivity contribution in [3.8, 4) is 0 Å². The SMILES string of the molecule is CCCCCCCCN[C@H]1C2C(=O)OC[C@@H]2[C@@H](O)[C@H](O)[C@H]1O. The Morgan fingerprint density at radius 3 is 2.45 bits per heavy atom. The van der Waals surface area contributed by atoms with E-state index in [1.165, 1.54) is 25.7 Å². The van der Waals surface area contributed by atoms with Gasteiger partial charge in [0, 0.05) is 12.0 Å². The Hall–Kier alpha value is -0.690. The van der Waals surface area contributed by atoms with Gasteiger partial charge in [0.25, 0.3) is 0 Å². The van der Waals surface area contributed by atoms with Crippen LogP contribution in [0, 0.1) is 11.8 Å². The minimum atomic E-state index is -1.24. The molecule has 6 heteroatoms. The maximum atomic E-state index is 11.9. The highest BCUT2D eigenvalue weighted by molar-refractivity contribution is 5.76. The third kappa shape index (κ3) is 3.79. The molecule has 1 aliphatic heterocycles. The number of carbonyl (C=O) groups excluding carboxylic acids is 1. The Bertz CT molecular complexity index is 364. The van der Waals surface area contributed by atoms with Gasteiger partial charge in [-0.3, -0.25) is 4.79 Å². The fraction of sp³-hybridized carbons (Fsp3) is 0.938. The third-order valence-corrected chi connectivity index (χ3v) is 4.96. The number of hydrogen-bond donors (Lipinski definition) is 4. The molecule has 6 nitrogen and oxygen atoms in total. The Balaban J connectivity index is 1.81. The summed E-state index contributed by atoms with van der Waals surface area (Å²) in [6, 6.07) is -0.547. The van der Waals surface area contributed by atoms with Crippen molar-refractivity contribution in [2.75, 3.05) is 13.2 Å². The summed E-state index contributed by atoms with van der Waals surface area (Å²) >= 11 is 0. The van der Waals surface area contributed by atoms with Gasteiger partial charge in [-0.2, -0.15) is 0 Å². The molecule has 1 heterocycles. The normalized spacial score (nSPS) is 37.9. The maximum Gasteiger partial charge on any atom is 0.311 e. The number of ether oxygens (including phenoxy) is 1. The van der Waals surface area contributed by atoms with Crippen molar-refractivity contribution in [3.63, 3.8) is 0 Å². The largest absolute Gasteiger partial charge is 0.465 e. The number of aliphatic hydroxyl groups excluding tert-OH is 3. The molecule has 2 fully saturated rings. The van der Waals surface area contributed by atoms with Crippen molar-refractivity contribution in [1.29, 1.82) is 0 Å². The molecule has 2 rings (SSSR count). The topological polar surface area (TPSA) is 99.0 Å². The quantitative estimate of drug-likeness (QED) is 0.377. The minimum absolute atomic E-state index is 0.115. The van der Waals surface area contributed by atoms with E-state index in [0.717, 1.165) is 12.8 Å². The van der Waals surface area contributed by atoms with Crippen LogP contribution in [-0.2, 0) is 9.53 Å². The summed E-state index contributed by atoms with van der Waals surface area (Å²) in [4.78, 5) is 11.9. The second-order valence-electron chi connectivity index (χ2n) is 6.54. The van der Waals surface area contributed by atoms with Crippen LogP contribution in [0.3, 0.4) is 0 Å². The molecule has 0 bridgehead atoms. The molecule has 6 atom stereocenters. The van der Waals surface area contributed by atoms with Crippen molar-refractivity contribution in [2.24, 2.45) is 11.8 Å². The summed E-state index contributed by atoms with van der Waals surface area (Å²) < 4.78 is 5.01. The number of hydrogen-bond acceptors (Lipinski definition) is 6. The monoisotopic (exact) mass is 315 g/mol. The first-order valence-electron chi connectivity index (χ1n) is 8.52. The molecule has 2 aliphatic rings. The van der Waals surface area contributed by atoms with Crippen molar-refractivity contribution >= 4 is 5.97 Å². The average molecular weight is 315 g/mol. The summed E-state index contributed by atoms with van der Waals surface area (Å²) in [5, 5.41) is 33.3. The zero-order valence-corrected chi connectivity index (χ0v) is 13.3. The van der Waals surface area contributed by atoms with Gasteiger partial charge in [-0.1, -0.05) is 39.0 Å². The zero-order chi connectivity index (χ0) is 16.1. The predicted octanol–water partition coefficient (Wildman–Crippen LogP) is 0.191. The number of aliphatic hydroxyl groups is 3. The summed E-state index contributed by atoms with van der Waals surface area (Å²) in [6.45, 7) is 2.99. The molecule has 1 aliphatic carbocycles. The molecule has 1 saturated carbocycles. The molecule has 0 aromatic rings. The van der Waals surface area contributed by atoms with Crippen LogP contribution in [0.5, 0.6) is 0 Å². The van der Waals surface area contributed by atoms with Crippen LogP contribution in [0.15, 0.2) is 0 Å². The van der Waals surface area contributed by atoms with E-state index in [1.807, 2.05) is 0 Å². The number of rotatable bonds is 8. The molecule has 0 aromatic heterocycles. The zero-order valence-electron chi connectivity index (χ0n) is 13.3. The van der Waals surface area contributed by atoms with Crippen molar-refractivity contribution < 1.29 is 24.9 Å². The molecule has 22 heavy (non-hydrogen) atoms. The molecule has 0 radical (unpaired) electrons. The van der Waals surface area contributed by atoms with Gasteiger partial charge < -0.3 is 25.4 Å². The number of esters is 1. The van der Waals surface area contributed by atoms with Gasteiger partial charge in [0.1, 0.15) is 6.10 Å². The van der Waals surface area contributed by atoms with Gasteiger partial charge in [-0.15, -0.1) is 0 Å². The molecular weight excluding hydrogens is 286 g/mol. The van der Waals surface area contributed by atoms with E-state index < -0.39 is 42.2 Å². The summed E-state index contributed by atoms with van der Waals surface area (Å²) in [6.07, 6.45) is 3.49. The minimum Gasteiger partial charge on any atom is -0.465 e. The lowest BCUT2D eigenvalue weighted by Crippen LogP contribution is -2.63. The van der Waals surface area contributed by atoms with Gasteiger partial charge in [-0.25, -0.2) is 0 Å². The molecule has 1 unspecified atom stereocenters. The van der Waals surface area contributed by atoms with Crippen LogP contribution < -0.4 is 5.32 Å². The molecule has 0 spiro atoms. The van der Waals surface area contributed by atoms with Crippen LogP contribution in [0.2, 0.25) is 0 Å². The Morgan fingerprint density at radius 2 is 1.73 bits per heavy atom. The van der Waals surface area contributed by atoms with E-state index in [9.17, 15) is 20.1 Å². The van der Waals surface area contributed by atoms with Gasteiger partial charge >= 0.3 is 5.97 Å². The van der Waals surface area contributed by atoms with Gasteiger partial charge in [0.15, 0.2) is 0 Å². The first kappa shape index (κ1) is 17.7. The number of carbonyl (C=O) groups is 1. The Kier molecular flexibility index (Phi) is 6.62. The Morgan fingerprint density at radius 1 is 1.05 bits per heavy atom. The van der Waals surface area contributed by atoms with Crippen LogP contribution in [-0.4, -0.2) is 58.8 Å². The fourth-order valence-corrected chi connectivity index (χ4v) is 3.58. The second kappa shape index (κ2) is 8.24. The summed E-state index contributed by atoms with van der Waals surface area (Å²) in [5.41, 5.74) is 0. The van der Waals surface area contributed by atoms with Gasteiger partial charge in [0.05, 0.1) is 24.7 Å². The van der Waals surface area contributed by atoms with Crippen LogP contribution >= 0.6 is 0 Å². The van der Waals surface area contributed by atoms with Crippen LogP contribution in [0.4, 0.5) is 0 Å². The Labute approximate surface area is 131 Å². The van der Waals surface area contributed by atoms with Crippen molar-refractivity contribution in [1.82, 2.24) is 5.32 Å². The highest BCUT2D eigenvalue weighted by atomic mass is 16.5. The highest BCUT2D eigenvalue weighted by Crippen LogP contribution is 2.36. The number of fused-ring (bicyclic) bond motifs is 1. The number of unbranched alkanes of at least 4 members (excludes halogenated alkanes) is 5. The molecule has 4 N–H and O–H groups in total. The van der Waals surface area contributed by atoms with E-state index in [2.05, 4.69) is 12.2 Å². The fourth-order valence-electron chi connectivity index (χ4n) is 3.58. The summed E-state index contributed by atoms with van der Waals surface area (Å²) in [5.74, 6) is -1.41. The average Bonchev–Trinajstić information content (AvgIpc) is 2.89. The first-order valence-corrected chi connectivity index (χ1v) is 8.52. The van der Waals surface area contributed by atoms with Gasteiger partial charge in [0.2, 0.25) is 0 Å². The molecular formula is C16H29NO5. The second-order valence-corrected chi connectivity index (χ2v) is 6.54. The molecule has 128 valence electrons. The third-order valence-electron chi connectivity index (χ3n) is 4.96. The maximum absolute atomic E-state index is 11.9. The van der Waals surface area contributed by atoms with Crippen molar-refractivity contribution in [2.45, 2.75) is 69.8 Å². The van der Waals surface area contributed by atoms with Crippen LogP contribution in [0.1, 0.15) is 45.4 Å². The van der Waals surface area contributed by atoms with E-state index in [4.69, 9.17) is 4.74 Å². The smallest absolute Gasteiger partial charge is 0.311 e. The van der Waals surface area contributed by atoms with E-state index in [-0.39, 0.29) is 6.61 Å². The standard InChI is InChI=1S/C16H29NO5/c1-2-3-4-5-6-7-8-17-12-11-10(9-22-16(11)21)13(18)15(20)14(12)19/h10-15,17-20H,2-9H2,1H3/t10-,11?,12-,13+,14-,15-/m0/s1. The molecule has 0 aromatic carbocycles. The lowest BCUT2D eigenvalue weighted by atomic mass is 9.72. The lowest BCUT2D eigenvalue weighted by molar-refractivity contribution is -0.153. The van der Waals surface area contributed by atoms with E-state index >= 15 is 0 Å². The lowest BCUT2D eigenvalue weighted by Gasteiger charge is -2.41. The highest BCUT2D eigenvalue weighted by Gasteiger charge is 2.55. The number of cyclic esters (lactones) is 1. The summed E-state index contributed by atoms with van der Waals surface area (Å²) in [7, 11) is 0. The number of nitrogens with one attached hydrogen (secondary N) is 1. The first-order chi connectivity index (χ1) is 10.6. The van der Waals surface area contributed by atoms with E-state index in [1.54, 1.807) is 0 Å². The van der Waals surface area contributed by atoms with Gasteiger partial charge in [-0.05, 0) is 13.0 Å². The molecule has 1 saturated heterocycles. The predicted molar refractivity (Wildman–Crippen MR) is 81.1 cm³/mol. The molecule has 0 amide bonds. The van der Waals surface area contributed by atoms with Crippen LogP contribution in [0.25, 0.3) is 0 Å².